The molecule has 6 heteroatoms. The molecule has 1 aliphatic rings. The zero-order valence-corrected chi connectivity index (χ0v) is 13.7. The summed E-state index contributed by atoms with van der Waals surface area (Å²) in [7, 11) is 0. The molecule has 0 aliphatic carbocycles. The standard InChI is InChI=1S/C15H30N2O4/c1-14(2,3)21-13(20)17-8-6-5-7-12(17)9-16-15(4,10-18)11-19/h12,16,18-19H,5-11H2,1-4H3. The minimum Gasteiger partial charge on any atom is -0.444 e. The fourth-order valence-corrected chi connectivity index (χ4v) is 2.30. The predicted octanol–water partition coefficient (Wildman–Crippen LogP) is 1.11. The molecule has 21 heavy (non-hydrogen) atoms. The molecule has 0 bridgehead atoms. The van der Waals surface area contributed by atoms with E-state index >= 15 is 0 Å². The summed E-state index contributed by atoms with van der Waals surface area (Å²) in [6, 6.07) is 0.0334. The maximum absolute atomic E-state index is 12.3. The van der Waals surface area contributed by atoms with Gasteiger partial charge in [0.15, 0.2) is 0 Å². The number of carbonyl (C=O) groups excluding carboxylic acids is 1. The molecule has 1 aliphatic heterocycles. The molecule has 0 saturated carbocycles. The summed E-state index contributed by atoms with van der Waals surface area (Å²) in [5, 5.41) is 21.8. The summed E-state index contributed by atoms with van der Waals surface area (Å²) >= 11 is 0. The number of ether oxygens (including phenoxy) is 1. The van der Waals surface area contributed by atoms with Crippen molar-refractivity contribution in [2.45, 2.75) is 64.1 Å². The van der Waals surface area contributed by atoms with Crippen molar-refractivity contribution in [1.29, 1.82) is 0 Å². The second kappa shape index (κ2) is 7.42. The molecule has 3 N–H and O–H groups in total. The van der Waals surface area contributed by atoms with Gasteiger partial charge in [0.25, 0.3) is 0 Å². The largest absolute Gasteiger partial charge is 0.444 e. The summed E-state index contributed by atoms with van der Waals surface area (Å²) in [4.78, 5) is 14.0. The molecule has 0 radical (unpaired) electrons. The Kier molecular flexibility index (Phi) is 6.43. The number of likely N-dealkylation sites (tertiary alicyclic amines) is 1. The third kappa shape index (κ3) is 5.80. The van der Waals surface area contributed by atoms with E-state index in [1.165, 1.54) is 0 Å². The number of rotatable bonds is 5. The molecule has 6 nitrogen and oxygen atoms in total. The fourth-order valence-electron chi connectivity index (χ4n) is 2.30. The van der Waals surface area contributed by atoms with E-state index < -0.39 is 11.1 Å². The van der Waals surface area contributed by atoms with Gasteiger partial charge in [0.1, 0.15) is 5.60 Å². The van der Waals surface area contributed by atoms with Gasteiger partial charge >= 0.3 is 6.09 Å². The van der Waals surface area contributed by atoms with Crippen LogP contribution in [0.5, 0.6) is 0 Å². The summed E-state index contributed by atoms with van der Waals surface area (Å²) in [5.74, 6) is 0. The average molecular weight is 302 g/mol. The first-order valence-corrected chi connectivity index (χ1v) is 7.67. The van der Waals surface area contributed by atoms with Gasteiger partial charge in [-0.25, -0.2) is 4.79 Å². The summed E-state index contributed by atoms with van der Waals surface area (Å²) in [6.07, 6.45) is 2.66. The summed E-state index contributed by atoms with van der Waals surface area (Å²) in [5.41, 5.74) is -1.23. The van der Waals surface area contributed by atoms with Crippen LogP contribution in [0, 0.1) is 0 Å². The van der Waals surface area contributed by atoms with Crippen LogP contribution in [0.2, 0.25) is 0 Å². The Morgan fingerprint density at radius 2 is 1.86 bits per heavy atom. The minimum atomic E-state index is -0.725. The highest BCUT2D eigenvalue weighted by atomic mass is 16.6. The first-order valence-electron chi connectivity index (χ1n) is 7.67. The number of carbonyl (C=O) groups is 1. The van der Waals surface area contributed by atoms with Crippen LogP contribution in [0.15, 0.2) is 0 Å². The maximum Gasteiger partial charge on any atom is 0.410 e. The number of nitrogens with one attached hydrogen (secondary N) is 1. The molecule has 0 aromatic heterocycles. The van der Waals surface area contributed by atoms with Gasteiger partial charge in [0.2, 0.25) is 0 Å². The highest BCUT2D eigenvalue weighted by Gasteiger charge is 2.32. The van der Waals surface area contributed by atoms with Crippen molar-refractivity contribution < 1.29 is 19.7 Å². The molecule has 1 amide bonds. The summed E-state index contributed by atoms with van der Waals surface area (Å²) in [6.45, 7) is 8.26. The molecule has 1 fully saturated rings. The smallest absolute Gasteiger partial charge is 0.410 e. The third-order valence-electron chi connectivity index (χ3n) is 3.72. The lowest BCUT2D eigenvalue weighted by Crippen LogP contribution is -2.56. The van der Waals surface area contributed by atoms with Crippen molar-refractivity contribution in [2.75, 3.05) is 26.3 Å². The van der Waals surface area contributed by atoms with E-state index in [2.05, 4.69) is 5.32 Å². The van der Waals surface area contributed by atoms with Gasteiger partial charge < -0.3 is 25.2 Å². The Morgan fingerprint density at radius 1 is 1.24 bits per heavy atom. The highest BCUT2D eigenvalue weighted by molar-refractivity contribution is 5.68. The van der Waals surface area contributed by atoms with Gasteiger partial charge in [0, 0.05) is 19.1 Å². The molecule has 1 rings (SSSR count). The van der Waals surface area contributed by atoms with Crippen molar-refractivity contribution >= 4 is 6.09 Å². The molecule has 124 valence electrons. The number of hydrogen-bond donors (Lipinski definition) is 3. The minimum absolute atomic E-state index is 0.0334. The number of piperidine rings is 1. The molecule has 0 aromatic rings. The topological polar surface area (TPSA) is 82.0 Å². The number of aliphatic hydroxyl groups excluding tert-OH is 2. The molecular weight excluding hydrogens is 272 g/mol. The lowest BCUT2D eigenvalue weighted by atomic mass is 10.00. The monoisotopic (exact) mass is 302 g/mol. The first-order chi connectivity index (χ1) is 9.71. The first kappa shape index (κ1) is 18.2. The Hall–Kier alpha value is -0.850. The van der Waals surface area contributed by atoms with Crippen LogP contribution >= 0.6 is 0 Å². The Bertz CT molecular complexity index is 337. The molecular formula is C15H30N2O4. The van der Waals surface area contributed by atoms with E-state index in [0.717, 1.165) is 19.3 Å². The van der Waals surface area contributed by atoms with E-state index in [4.69, 9.17) is 4.74 Å². The van der Waals surface area contributed by atoms with E-state index in [1.54, 1.807) is 11.8 Å². The van der Waals surface area contributed by atoms with Crippen molar-refractivity contribution in [3.8, 4) is 0 Å². The van der Waals surface area contributed by atoms with Crippen LogP contribution in [0.25, 0.3) is 0 Å². The van der Waals surface area contributed by atoms with Crippen molar-refractivity contribution in [2.24, 2.45) is 0 Å². The predicted molar refractivity (Wildman–Crippen MR) is 81.2 cm³/mol. The van der Waals surface area contributed by atoms with Crippen molar-refractivity contribution in [1.82, 2.24) is 10.2 Å². The van der Waals surface area contributed by atoms with Gasteiger partial charge in [0.05, 0.1) is 18.8 Å². The number of hydrogen-bond acceptors (Lipinski definition) is 5. The van der Waals surface area contributed by atoms with Gasteiger partial charge in [-0.15, -0.1) is 0 Å². The van der Waals surface area contributed by atoms with E-state index in [9.17, 15) is 15.0 Å². The second-order valence-electron chi connectivity index (χ2n) is 7.08. The van der Waals surface area contributed by atoms with Crippen LogP contribution in [0.4, 0.5) is 4.79 Å². The molecule has 1 atom stereocenters. The molecule has 0 spiro atoms. The zero-order valence-electron chi connectivity index (χ0n) is 13.7. The molecule has 1 heterocycles. The van der Waals surface area contributed by atoms with E-state index in [1.807, 2.05) is 20.8 Å². The Balaban J connectivity index is 2.63. The maximum atomic E-state index is 12.3. The molecule has 0 aromatic carbocycles. The number of aliphatic hydroxyl groups is 2. The van der Waals surface area contributed by atoms with Gasteiger partial charge in [-0.1, -0.05) is 0 Å². The van der Waals surface area contributed by atoms with Crippen LogP contribution in [0.1, 0.15) is 47.0 Å². The van der Waals surface area contributed by atoms with Crippen LogP contribution in [-0.2, 0) is 4.74 Å². The van der Waals surface area contributed by atoms with Crippen LogP contribution < -0.4 is 5.32 Å². The quantitative estimate of drug-likeness (QED) is 0.709. The van der Waals surface area contributed by atoms with Crippen LogP contribution in [0.3, 0.4) is 0 Å². The molecule has 1 unspecified atom stereocenters. The number of nitrogens with zero attached hydrogens (tertiary/aromatic N) is 1. The highest BCUT2D eigenvalue weighted by Crippen LogP contribution is 2.20. The van der Waals surface area contributed by atoms with Gasteiger partial charge in [-0.3, -0.25) is 0 Å². The number of amides is 1. The van der Waals surface area contributed by atoms with E-state index in [0.29, 0.717) is 13.1 Å². The normalized spacial score (nSPS) is 20.5. The lowest BCUT2D eigenvalue weighted by Gasteiger charge is -2.38. The van der Waals surface area contributed by atoms with Crippen molar-refractivity contribution in [3.05, 3.63) is 0 Å². The van der Waals surface area contributed by atoms with Crippen LogP contribution in [-0.4, -0.2) is 64.7 Å². The van der Waals surface area contributed by atoms with Gasteiger partial charge in [-0.05, 0) is 47.0 Å². The van der Waals surface area contributed by atoms with E-state index in [-0.39, 0.29) is 25.3 Å². The zero-order chi connectivity index (χ0) is 16.1. The Morgan fingerprint density at radius 3 is 2.38 bits per heavy atom. The fraction of sp³-hybridized carbons (Fsp3) is 0.933. The van der Waals surface area contributed by atoms with Crippen molar-refractivity contribution in [3.63, 3.8) is 0 Å². The molecule has 1 saturated heterocycles. The summed E-state index contributed by atoms with van der Waals surface area (Å²) < 4.78 is 5.45. The second-order valence-corrected chi connectivity index (χ2v) is 7.08. The SMILES string of the molecule is CC(CO)(CO)NCC1CCCCN1C(=O)OC(C)(C)C. The average Bonchev–Trinajstić information content (AvgIpc) is 2.43. The van der Waals surface area contributed by atoms with Gasteiger partial charge in [-0.2, -0.15) is 0 Å². The lowest BCUT2D eigenvalue weighted by molar-refractivity contribution is 0.00764. The Labute approximate surface area is 127 Å². The third-order valence-corrected chi connectivity index (χ3v) is 3.72.